The number of unbranched alkanes of at least 4 members (excludes halogenated alkanes) is 30. The van der Waals surface area contributed by atoms with E-state index >= 15 is 0 Å². The third-order valence-electron chi connectivity index (χ3n) is 14.0. The number of carbonyl (C=O) groups excluding carboxylic acids is 3. The summed E-state index contributed by atoms with van der Waals surface area (Å²) >= 11 is 0. The molecule has 0 bridgehead atoms. The number of hydrogen-bond donors (Lipinski definition) is 0. The van der Waals surface area contributed by atoms with Crippen LogP contribution in [0.2, 0.25) is 0 Å². The Kier molecular flexibility index (Phi) is 62.3. The van der Waals surface area contributed by atoms with Crippen LogP contribution in [0.4, 0.5) is 0 Å². The molecule has 0 spiro atoms. The van der Waals surface area contributed by atoms with Crippen molar-refractivity contribution in [2.24, 2.45) is 0 Å². The van der Waals surface area contributed by atoms with E-state index in [9.17, 15) is 14.4 Å². The minimum atomic E-state index is -0.784. The average molecular weight is 1080 g/mol. The van der Waals surface area contributed by atoms with E-state index in [4.69, 9.17) is 14.2 Å². The molecule has 78 heavy (non-hydrogen) atoms. The second-order valence-electron chi connectivity index (χ2n) is 21.6. The van der Waals surface area contributed by atoms with Gasteiger partial charge in [0.1, 0.15) is 13.2 Å². The van der Waals surface area contributed by atoms with Crippen molar-refractivity contribution >= 4 is 17.9 Å². The van der Waals surface area contributed by atoms with Gasteiger partial charge in [-0.05, 0) is 103 Å². The van der Waals surface area contributed by atoms with Gasteiger partial charge >= 0.3 is 17.9 Å². The predicted octanol–water partition coefficient (Wildman–Crippen LogP) is 22.6. The highest BCUT2D eigenvalue weighted by atomic mass is 16.6. The fourth-order valence-electron chi connectivity index (χ4n) is 9.17. The normalized spacial score (nSPS) is 12.8. The summed E-state index contributed by atoms with van der Waals surface area (Å²) in [5.41, 5.74) is 0. The molecule has 6 nitrogen and oxygen atoms in total. The molecule has 446 valence electrons. The molecule has 0 fully saturated rings. The zero-order valence-electron chi connectivity index (χ0n) is 51.2. The molecule has 0 aliphatic heterocycles. The van der Waals surface area contributed by atoms with Crippen molar-refractivity contribution in [3.05, 3.63) is 109 Å². The fraction of sp³-hybridized carbons (Fsp3) is 0.708. The molecule has 1 atom stereocenters. The molecule has 0 saturated carbocycles. The first-order valence-corrected chi connectivity index (χ1v) is 32.9. The fourth-order valence-corrected chi connectivity index (χ4v) is 9.17. The van der Waals surface area contributed by atoms with Gasteiger partial charge in [-0.1, -0.05) is 297 Å². The molecule has 0 aliphatic rings. The Hall–Kier alpha value is -3.93. The number of hydrogen-bond acceptors (Lipinski definition) is 6. The van der Waals surface area contributed by atoms with E-state index in [2.05, 4.69) is 130 Å². The summed E-state index contributed by atoms with van der Waals surface area (Å²) < 4.78 is 16.9. The molecular weight excluding hydrogens is 961 g/mol. The van der Waals surface area contributed by atoms with Crippen LogP contribution >= 0.6 is 0 Å². The topological polar surface area (TPSA) is 78.9 Å². The second-order valence-corrected chi connectivity index (χ2v) is 21.6. The maximum atomic E-state index is 12.9. The molecule has 0 heterocycles. The zero-order chi connectivity index (χ0) is 56.4. The third kappa shape index (κ3) is 62.9. The van der Waals surface area contributed by atoms with Crippen LogP contribution in [0.3, 0.4) is 0 Å². The lowest BCUT2D eigenvalue weighted by Crippen LogP contribution is -2.30. The Morgan fingerprint density at radius 3 is 0.782 bits per heavy atom. The smallest absolute Gasteiger partial charge is 0.306 e. The second kappa shape index (κ2) is 65.6. The van der Waals surface area contributed by atoms with Crippen LogP contribution in [0.15, 0.2) is 109 Å². The van der Waals surface area contributed by atoms with E-state index in [1.54, 1.807) is 0 Å². The van der Waals surface area contributed by atoms with Gasteiger partial charge in [-0.25, -0.2) is 0 Å². The van der Waals surface area contributed by atoms with Crippen molar-refractivity contribution in [1.82, 2.24) is 0 Å². The van der Waals surface area contributed by atoms with Crippen molar-refractivity contribution < 1.29 is 28.6 Å². The van der Waals surface area contributed by atoms with Crippen LogP contribution in [0.1, 0.15) is 310 Å². The van der Waals surface area contributed by atoms with Crippen LogP contribution in [-0.2, 0) is 28.6 Å². The molecule has 0 aromatic heterocycles. The zero-order valence-corrected chi connectivity index (χ0v) is 51.2. The van der Waals surface area contributed by atoms with Crippen LogP contribution in [-0.4, -0.2) is 37.2 Å². The highest BCUT2D eigenvalue weighted by Gasteiger charge is 2.19. The Morgan fingerprint density at radius 1 is 0.269 bits per heavy atom. The third-order valence-corrected chi connectivity index (χ3v) is 14.0. The quantitative estimate of drug-likeness (QED) is 0.0261. The van der Waals surface area contributed by atoms with E-state index in [1.165, 1.54) is 148 Å². The van der Waals surface area contributed by atoms with Gasteiger partial charge in [0.2, 0.25) is 0 Å². The van der Waals surface area contributed by atoms with Crippen LogP contribution in [0.5, 0.6) is 0 Å². The lowest BCUT2D eigenvalue weighted by Gasteiger charge is -2.18. The summed E-state index contributed by atoms with van der Waals surface area (Å²) in [6.45, 7) is 6.43. The molecule has 0 aromatic carbocycles. The summed E-state index contributed by atoms with van der Waals surface area (Å²) in [6, 6.07) is 0. The van der Waals surface area contributed by atoms with Crippen molar-refractivity contribution in [2.75, 3.05) is 13.2 Å². The number of rotatable bonds is 59. The Labute approximate surface area is 482 Å². The van der Waals surface area contributed by atoms with Gasteiger partial charge in [-0.3, -0.25) is 14.4 Å². The number of esters is 3. The molecule has 0 rings (SSSR count). The highest BCUT2D eigenvalue weighted by Crippen LogP contribution is 2.16. The molecule has 1 unspecified atom stereocenters. The number of ether oxygens (including phenoxy) is 3. The van der Waals surface area contributed by atoms with Gasteiger partial charge in [0.05, 0.1) is 0 Å². The molecular formula is C72H122O6. The van der Waals surface area contributed by atoms with Crippen molar-refractivity contribution in [2.45, 2.75) is 316 Å². The van der Waals surface area contributed by atoms with Gasteiger partial charge in [0.25, 0.3) is 0 Å². The predicted molar refractivity (Wildman–Crippen MR) is 339 cm³/mol. The Balaban J connectivity index is 4.23. The van der Waals surface area contributed by atoms with E-state index in [0.717, 1.165) is 122 Å². The van der Waals surface area contributed by atoms with Gasteiger partial charge < -0.3 is 14.2 Å². The molecule has 0 radical (unpaired) electrons. The number of carbonyl (C=O) groups is 3. The highest BCUT2D eigenvalue weighted by molar-refractivity contribution is 5.71. The minimum absolute atomic E-state index is 0.0797. The molecule has 0 N–H and O–H groups in total. The molecule has 6 heteroatoms. The van der Waals surface area contributed by atoms with E-state index in [-0.39, 0.29) is 31.1 Å². The van der Waals surface area contributed by atoms with Crippen LogP contribution < -0.4 is 0 Å². The van der Waals surface area contributed by atoms with E-state index in [0.29, 0.717) is 19.3 Å². The first-order valence-electron chi connectivity index (χ1n) is 32.9. The Morgan fingerprint density at radius 2 is 0.500 bits per heavy atom. The molecule has 0 aliphatic carbocycles. The molecule has 0 saturated heterocycles. The van der Waals surface area contributed by atoms with E-state index < -0.39 is 6.10 Å². The van der Waals surface area contributed by atoms with Gasteiger partial charge in [0.15, 0.2) is 6.10 Å². The van der Waals surface area contributed by atoms with Crippen molar-refractivity contribution in [3.63, 3.8) is 0 Å². The lowest BCUT2D eigenvalue weighted by molar-refractivity contribution is -0.167. The SMILES string of the molecule is CC/C=C\C/C=C\C/C=C\C/C=C\C/C=C\C/C=C\CCCCCCCCCCCCCCC(=O)OCC(COC(=O)CCCCCCCCCCCCCC)OC(=O)CCCCCCCCC/C=C\C/C=C\C/C=C\CC. The summed E-state index contributed by atoms with van der Waals surface area (Å²) in [5, 5.41) is 0. The van der Waals surface area contributed by atoms with Gasteiger partial charge in [-0.2, -0.15) is 0 Å². The maximum Gasteiger partial charge on any atom is 0.306 e. The number of allylic oxidation sites excluding steroid dienone is 18. The van der Waals surface area contributed by atoms with Gasteiger partial charge in [-0.15, -0.1) is 0 Å². The summed E-state index contributed by atoms with van der Waals surface area (Å²) in [6.07, 6.45) is 89.6. The van der Waals surface area contributed by atoms with Crippen LogP contribution in [0.25, 0.3) is 0 Å². The van der Waals surface area contributed by atoms with E-state index in [1.807, 2.05) is 0 Å². The summed E-state index contributed by atoms with van der Waals surface area (Å²) in [5.74, 6) is -0.882. The standard InChI is InChI=1S/C72H122O6/c1-4-7-10-13-16-19-22-25-27-29-30-31-32-33-34-35-36-37-38-39-40-41-42-44-45-47-50-53-56-59-62-65-71(74)77-68-69(67-76-70(73)64-61-58-55-52-49-24-21-18-15-12-9-6-3)78-72(75)66-63-60-57-54-51-48-46-43-28-26-23-20-17-14-11-8-5-2/h7-8,10-11,16-17,19-20,25-28,30-31,33-34,36-37,69H,4-6,9,12-15,18,21-24,29,32,35,38-68H2,1-3H3/b10-7-,11-8-,19-16-,20-17-,27-25-,28-26-,31-30-,34-33-,37-36-. The maximum absolute atomic E-state index is 12.9. The summed E-state index contributed by atoms with van der Waals surface area (Å²) in [7, 11) is 0. The van der Waals surface area contributed by atoms with Crippen molar-refractivity contribution in [1.29, 1.82) is 0 Å². The monoisotopic (exact) mass is 1080 g/mol. The average Bonchev–Trinajstić information content (AvgIpc) is 3.44. The first-order chi connectivity index (χ1) is 38.5. The lowest BCUT2D eigenvalue weighted by atomic mass is 10.0. The largest absolute Gasteiger partial charge is 0.462 e. The van der Waals surface area contributed by atoms with Gasteiger partial charge in [0, 0.05) is 19.3 Å². The minimum Gasteiger partial charge on any atom is -0.462 e. The molecule has 0 aromatic rings. The Bertz CT molecular complexity index is 1570. The van der Waals surface area contributed by atoms with Crippen molar-refractivity contribution in [3.8, 4) is 0 Å². The first kappa shape index (κ1) is 74.1. The summed E-state index contributed by atoms with van der Waals surface area (Å²) in [4.78, 5) is 38.3. The van der Waals surface area contributed by atoms with Crippen LogP contribution in [0, 0.1) is 0 Å². The molecule has 0 amide bonds.